The van der Waals surface area contributed by atoms with Gasteiger partial charge in [0.05, 0.1) is 23.8 Å². The summed E-state index contributed by atoms with van der Waals surface area (Å²) in [5.74, 6) is 0. The first-order chi connectivity index (χ1) is 9.79. The van der Waals surface area contributed by atoms with Crippen LogP contribution < -0.4 is 11.3 Å². The summed E-state index contributed by atoms with van der Waals surface area (Å²) in [6.45, 7) is 0.954. The number of hydrogen-bond donors (Lipinski definition) is 1. The van der Waals surface area contributed by atoms with Crippen LogP contribution in [-0.4, -0.2) is 9.55 Å². The predicted octanol–water partition coefficient (Wildman–Crippen LogP) is 1.90. The van der Waals surface area contributed by atoms with Crippen molar-refractivity contribution in [2.75, 3.05) is 0 Å². The number of nitrogens with two attached hydrogens (primary N) is 1. The summed E-state index contributed by atoms with van der Waals surface area (Å²) >= 11 is 0. The van der Waals surface area contributed by atoms with Gasteiger partial charge in [-0.2, -0.15) is 0 Å². The second-order valence-electron chi connectivity index (χ2n) is 4.67. The van der Waals surface area contributed by atoms with Gasteiger partial charge in [-0.3, -0.25) is 9.36 Å². The van der Waals surface area contributed by atoms with Crippen molar-refractivity contribution in [2.45, 2.75) is 13.1 Å². The number of nitrogens with zero attached hydrogens (tertiary/aromatic N) is 2. The maximum atomic E-state index is 12.4. The van der Waals surface area contributed by atoms with Crippen LogP contribution in [-0.2, 0) is 13.1 Å². The van der Waals surface area contributed by atoms with Gasteiger partial charge in [-0.05, 0) is 23.3 Å². The van der Waals surface area contributed by atoms with Gasteiger partial charge in [0, 0.05) is 6.54 Å². The molecule has 0 amide bonds. The van der Waals surface area contributed by atoms with Crippen LogP contribution in [0.2, 0.25) is 0 Å². The van der Waals surface area contributed by atoms with E-state index in [2.05, 4.69) is 4.98 Å². The van der Waals surface area contributed by atoms with Crippen LogP contribution in [0.25, 0.3) is 10.9 Å². The van der Waals surface area contributed by atoms with E-state index >= 15 is 0 Å². The fraction of sp³-hybridized carbons (Fsp3) is 0.125. The van der Waals surface area contributed by atoms with E-state index in [-0.39, 0.29) is 5.56 Å². The number of para-hydroxylation sites is 1. The highest BCUT2D eigenvalue weighted by Gasteiger charge is 2.06. The Morgan fingerprint density at radius 2 is 1.70 bits per heavy atom. The van der Waals surface area contributed by atoms with E-state index in [0.717, 1.165) is 16.6 Å². The zero-order valence-corrected chi connectivity index (χ0v) is 11.0. The van der Waals surface area contributed by atoms with Crippen LogP contribution in [0.5, 0.6) is 0 Å². The molecule has 0 aliphatic heterocycles. The van der Waals surface area contributed by atoms with Crippen LogP contribution >= 0.6 is 0 Å². The lowest BCUT2D eigenvalue weighted by molar-refractivity contribution is 0.740. The topological polar surface area (TPSA) is 60.9 Å². The van der Waals surface area contributed by atoms with Gasteiger partial charge in [-0.1, -0.05) is 36.4 Å². The van der Waals surface area contributed by atoms with Gasteiger partial charge in [-0.15, -0.1) is 0 Å². The molecule has 0 bridgehead atoms. The largest absolute Gasteiger partial charge is 0.326 e. The molecule has 3 rings (SSSR count). The molecule has 0 saturated carbocycles. The molecule has 0 atom stereocenters. The Kier molecular flexibility index (Phi) is 3.31. The second-order valence-corrected chi connectivity index (χ2v) is 4.67. The highest BCUT2D eigenvalue weighted by molar-refractivity contribution is 5.76. The van der Waals surface area contributed by atoms with E-state index in [4.69, 9.17) is 5.73 Å². The molecule has 0 saturated heterocycles. The highest BCUT2D eigenvalue weighted by Crippen LogP contribution is 2.10. The van der Waals surface area contributed by atoms with Crippen molar-refractivity contribution in [3.05, 3.63) is 76.3 Å². The number of fused-ring (bicyclic) bond motifs is 1. The van der Waals surface area contributed by atoms with Gasteiger partial charge in [-0.25, -0.2) is 4.98 Å². The molecule has 2 aromatic carbocycles. The van der Waals surface area contributed by atoms with Crippen molar-refractivity contribution >= 4 is 10.9 Å². The highest BCUT2D eigenvalue weighted by atomic mass is 16.1. The minimum absolute atomic E-state index is 0.0255. The minimum atomic E-state index is -0.0255. The molecular formula is C16H15N3O. The summed E-state index contributed by atoms with van der Waals surface area (Å²) < 4.78 is 1.62. The smallest absolute Gasteiger partial charge is 0.261 e. The van der Waals surface area contributed by atoms with Crippen molar-refractivity contribution < 1.29 is 0 Å². The first-order valence-corrected chi connectivity index (χ1v) is 6.50. The fourth-order valence-corrected chi connectivity index (χ4v) is 2.31. The van der Waals surface area contributed by atoms with E-state index in [9.17, 15) is 4.79 Å². The maximum Gasteiger partial charge on any atom is 0.261 e. The molecule has 3 aromatic rings. The van der Waals surface area contributed by atoms with Gasteiger partial charge >= 0.3 is 0 Å². The van der Waals surface area contributed by atoms with Crippen LogP contribution in [0.3, 0.4) is 0 Å². The molecule has 1 aromatic heterocycles. The van der Waals surface area contributed by atoms with Crippen molar-refractivity contribution in [1.82, 2.24) is 9.55 Å². The lowest BCUT2D eigenvalue weighted by Crippen LogP contribution is -2.21. The van der Waals surface area contributed by atoms with Gasteiger partial charge in [0.1, 0.15) is 0 Å². The Bertz CT molecular complexity index is 808. The quantitative estimate of drug-likeness (QED) is 0.786. The average Bonchev–Trinajstić information content (AvgIpc) is 2.51. The normalized spacial score (nSPS) is 10.8. The van der Waals surface area contributed by atoms with Crippen molar-refractivity contribution in [1.29, 1.82) is 0 Å². The summed E-state index contributed by atoms with van der Waals surface area (Å²) in [6.07, 6.45) is 1.60. The number of hydrogen-bond acceptors (Lipinski definition) is 3. The molecule has 0 spiro atoms. The molecule has 4 heteroatoms. The molecule has 4 nitrogen and oxygen atoms in total. The number of aromatic nitrogens is 2. The van der Waals surface area contributed by atoms with E-state index < -0.39 is 0 Å². The van der Waals surface area contributed by atoms with Gasteiger partial charge < -0.3 is 5.73 Å². The fourth-order valence-electron chi connectivity index (χ4n) is 2.31. The lowest BCUT2D eigenvalue weighted by atomic mass is 10.1. The first-order valence-electron chi connectivity index (χ1n) is 6.50. The second kappa shape index (κ2) is 5.27. The zero-order valence-electron chi connectivity index (χ0n) is 11.0. The molecule has 1 heterocycles. The Balaban J connectivity index is 2.07. The third-order valence-electron chi connectivity index (χ3n) is 3.41. The van der Waals surface area contributed by atoms with Crippen molar-refractivity contribution in [2.24, 2.45) is 5.73 Å². The predicted molar refractivity (Wildman–Crippen MR) is 79.4 cm³/mol. The van der Waals surface area contributed by atoms with Gasteiger partial charge in [0.15, 0.2) is 0 Å². The first kappa shape index (κ1) is 12.6. The molecule has 0 unspecified atom stereocenters. The summed E-state index contributed by atoms with van der Waals surface area (Å²) in [6, 6.07) is 15.2. The van der Waals surface area contributed by atoms with E-state index in [1.165, 1.54) is 0 Å². The van der Waals surface area contributed by atoms with Crippen LogP contribution in [0, 0.1) is 0 Å². The SMILES string of the molecule is NCc1ccccc1Cn1cnc2ccccc2c1=O. The lowest BCUT2D eigenvalue weighted by Gasteiger charge is -2.10. The Morgan fingerprint density at radius 3 is 2.50 bits per heavy atom. The van der Waals surface area contributed by atoms with E-state index in [1.54, 1.807) is 17.0 Å². The van der Waals surface area contributed by atoms with Crippen molar-refractivity contribution in [3.8, 4) is 0 Å². The van der Waals surface area contributed by atoms with Gasteiger partial charge in [0.25, 0.3) is 5.56 Å². The molecule has 0 radical (unpaired) electrons. The third-order valence-corrected chi connectivity index (χ3v) is 3.41. The monoisotopic (exact) mass is 265 g/mol. The molecule has 100 valence electrons. The average molecular weight is 265 g/mol. The molecule has 2 N–H and O–H groups in total. The number of rotatable bonds is 3. The summed E-state index contributed by atoms with van der Waals surface area (Å²) in [7, 11) is 0. The molecule has 0 aliphatic carbocycles. The molecule has 20 heavy (non-hydrogen) atoms. The molecule has 0 aliphatic rings. The van der Waals surface area contributed by atoms with E-state index in [1.807, 2.05) is 42.5 Å². The summed E-state index contributed by atoms with van der Waals surface area (Å²) in [5, 5.41) is 0.639. The molecular weight excluding hydrogens is 250 g/mol. The van der Waals surface area contributed by atoms with Crippen molar-refractivity contribution in [3.63, 3.8) is 0 Å². The Hall–Kier alpha value is -2.46. The maximum absolute atomic E-state index is 12.4. The van der Waals surface area contributed by atoms with Crippen LogP contribution in [0.4, 0.5) is 0 Å². The standard InChI is InChI=1S/C16H15N3O/c17-9-12-5-1-2-6-13(12)10-19-11-18-15-8-4-3-7-14(15)16(19)20/h1-8,11H,9-10,17H2. The van der Waals surface area contributed by atoms with Crippen LogP contribution in [0.15, 0.2) is 59.7 Å². The van der Waals surface area contributed by atoms with Crippen LogP contribution in [0.1, 0.15) is 11.1 Å². The number of benzene rings is 2. The minimum Gasteiger partial charge on any atom is -0.326 e. The van der Waals surface area contributed by atoms with E-state index in [0.29, 0.717) is 18.5 Å². The third kappa shape index (κ3) is 2.21. The zero-order chi connectivity index (χ0) is 13.9. The summed E-state index contributed by atoms with van der Waals surface area (Å²) in [4.78, 5) is 16.7. The molecule has 0 fully saturated rings. The Morgan fingerprint density at radius 1 is 1.00 bits per heavy atom. The van der Waals surface area contributed by atoms with Gasteiger partial charge in [0.2, 0.25) is 0 Å². The Labute approximate surface area is 116 Å². The summed E-state index contributed by atoms with van der Waals surface area (Å²) in [5.41, 5.74) is 8.53.